The zero-order valence-electron chi connectivity index (χ0n) is 18.4. The Morgan fingerprint density at radius 2 is 1.71 bits per heavy atom. The van der Waals surface area contributed by atoms with Gasteiger partial charge in [-0.2, -0.15) is 0 Å². The third-order valence-corrected chi connectivity index (χ3v) is 6.45. The number of benzene rings is 3. The highest BCUT2D eigenvalue weighted by atomic mass is 35.5. The van der Waals surface area contributed by atoms with E-state index in [2.05, 4.69) is 10.2 Å². The van der Waals surface area contributed by atoms with E-state index >= 15 is 0 Å². The predicted octanol–water partition coefficient (Wildman–Crippen LogP) is 6.51. The molecule has 0 radical (unpaired) electrons. The molecule has 0 saturated carbocycles. The van der Waals surface area contributed by atoms with Crippen LogP contribution in [0.1, 0.15) is 10.4 Å². The van der Waals surface area contributed by atoms with Gasteiger partial charge in [-0.3, -0.25) is 9.36 Å². The second kappa shape index (κ2) is 10.6. The molecule has 0 spiro atoms. The number of hydrogen-bond acceptors (Lipinski definition) is 6. The summed E-state index contributed by atoms with van der Waals surface area (Å²) in [4.78, 5) is 12.6. The van der Waals surface area contributed by atoms with Crippen LogP contribution in [-0.2, 0) is 0 Å². The molecule has 0 fully saturated rings. The van der Waals surface area contributed by atoms with E-state index in [0.717, 1.165) is 30.0 Å². The van der Waals surface area contributed by atoms with Crippen LogP contribution in [0.5, 0.6) is 11.5 Å². The van der Waals surface area contributed by atoms with Crippen molar-refractivity contribution in [3.8, 4) is 28.6 Å². The summed E-state index contributed by atoms with van der Waals surface area (Å²) in [6.07, 6.45) is 0. The number of methoxy groups -OCH3 is 2. The van der Waals surface area contributed by atoms with Gasteiger partial charge in [-0.05, 0) is 54.6 Å². The van der Waals surface area contributed by atoms with E-state index in [1.165, 1.54) is 14.2 Å². The minimum atomic E-state index is -0.801. The molecule has 0 amide bonds. The Hall–Kier alpha value is -3.14. The average molecular weight is 536 g/mol. The summed E-state index contributed by atoms with van der Waals surface area (Å²) < 4.78 is 40.0. The highest BCUT2D eigenvalue weighted by Gasteiger charge is 2.22. The fourth-order valence-electron chi connectivity index (χ4n) is 3.34. The molecule has 0 atom stereocenters. The smallest absolute Gasteiger partial charge is 0.196 e. The van der Waals surface area contributed by atoms with E-state index in [0.29, 0.717) is 43.8 Å². The number of ketones is 1. The van der Waals surface area contributed by atoms with Crippen LogP contribution in [0, 0.1) is 11.6 Å². The number of Topliss-reactive ketones (excluding diaryl/α,β-unsaturated/α-hetero) is 1. The Kier molecular flexibility index (Phi) is 7.59. The first-order valence-corrected chi connectivity index (χ1v) is 11.8. The number of thioether (sulfide) groups is 1. The van der Waals surface area contributed by atoms with Gasteiger partial charge in [0, 0.05) is 5.02 Å². The second-order valence-corrected chi connectivity index (χ2v) is 8.93. The summed E-state index contributed by atoms with van der Waals surface area (Å²) in [5.41, 5.74) is 0.784. The van der Waals surface area contributed by atoms with Crippen molar-refractivity contribution in [3.63, 3.8) is 0 Å². The zero-order valence-corrected chi connectivity index (χ0v) is 20.7. The molecule has 0 saturated heterocycles. The minimum absolute atomic E-state index is 0.213. The molecular formula is C24H17Cl2F2N3O3S. The lowest BCUT2D eigenvalue weighted by Gasteiger charge is -2.14. The fourth-order valence-corrected chi connectivity index (χ4v) is 4.60. The van der Waals surface area contributed by atoms with E-state index in [1.54, 1.807) is 41.0 Å². The molecule has 0 unspecified atom stereocenters. The number of aromatic nitrogens is 3. The van der Waals surface area contributed by atoms with Crippen molar-refractivity contribution in [3.05, 3.63) is 81.8 Å². The average Bonchev–Trinajstić information content (AvgIpc) is 3.27. The summed E-state index contributed by atoms with van der Waals surface area (Å²) >= 11 is 13.6. The van der Waals surface area contributed by atoms with Crippen LogP contribution in [-0.4, -0.2) is 40.5 Å². The summed E-state index contributed by atoms with van der Waals surface area (Å²) in [7, 11) is 3.01. The van der Waals surface area contributed by atoms with Gasteiger partial charge in [0.05, 0.1) is 41.8 Å². The monoisotopic (exact) mass is 535 g/mol. The highest BCUT2D eigenvalue weighted by molar-refractivity contribution is 7.99. The molecule has 180 valence electrons. The molecule has 0 aliphatic heterocycles. The first-order valence-electron chi connectivity index (χ1n) is 10.1. The van der Waals surface area contributed by atoms with Crippen molar-refractivity contribution in [2.24, 2.45) is 0 Å². The van der Waals surface area contributed by atoms with E-state index in [4.69, 9.17) is 32.7 Å². The van der Waals surface area contributed by atoms with Crippen LogP contribution in [0.4, 0.5) is 8.78 Å². The molecule has 1 heterocycles. The minimum Gasteiger partial charge on any atom is -0.496 e. The van der Waals surface area contributed by atoms with Gasteiger partial charge in [0.2, 0.25) is 0 Å². The molecule has 4 aromatic rings. The largest absolute Gasteiger partial charge is 0.496 e. The molecule has 0 N–H and O–H groups in total. The Morgan fingerprint density at radius 1 is 0.971 bits per heavy atom. The fraction of sp³-hybridized carbons (Fsp3) is 0.125. The number of rotatable bonds is 8. The zero-order chi connectivity index (χ0) is 25.1. The molecule has 0 aliphatic carbocycles. The van der Waals surface area contributed by atoms with Gasteiger partial charge in [0.1, 0.15) is 23.1 Å². The summed E-state index contributed by atoms with van der Waals surface area (Å²) in [6, 6.07) is 12.9. The number of ether oxygens (including phenoxy) is 2. The Morgan fingerprint density at radius 3 is 2.43 bits per heavy atom. The van der Waals surface area contributed by atoms with Crippen LogP contribution >= 0.6 is 35.0 Å². The van der Waals surface area contributed by atoms with Crippen LogP contribution in [0.3, 0.4) is 0 Å². The van der Waals surface area contributed by atoms with E-state index < -0.39 is 17.4 Å². The molecular weight excluding hydrogens is 519 g/mol. The van der Waals surface area contributed by atoms with E-state index in [9.17, 15) is 13.6 Å². The third-order valence-electron chi connectivity index (χ3n) is 4.99. The summed E-state index contributed by atoms with van der Waals surface area (Å²) in [5.74, 6) is -0.979. The number of nitrogens with zero attached hydrogens (tertiary/aromatic N) is 3. The van der Waals surface area contributed by atoms with Gasteiger partial charge in [0.25, 0.3) is 0 Å². The molecule has 0 aliphatic rings. The van der Waals surface area contributed by atoms with Gasteiger partial charge in [-0.25, -0.2) is 8.78 Å². The van der Waals surface area contributed by atoms with E-state index in [-0.39, 0.29) is 11.3 Å². The number of halogens is 4. The van der Waals surface area contributed by atoms with Crippen molar-refractivity contribution in [1.29, 1.82) is 0 Å². The van der Waals surface area contributed by atoms with Crippen molar-refractivity contribution < 1.29 is 23.0 Å². The molecule has 0 bridgehead atoms. The van der Waals surface area contributed by atoms with Crippen LogP contribution < -0.4 is 9.47 Å². The Balaban J connectivity index is 1.78. The lowest BCUT2D eigenvalue weighted by Crippen LogP contribution is -2.07. The third kappa shape index (κ3) is 5.27. The first-order chi connectivity index (χ1) is 16.8. The molecule has 4 rings (SSSR count). The molecule has 3 aromatic carbocycles. The molecule has 1 aromatic heterocycles. The van der Waals surface area contributed by atoms with Crippen molar-refractivity contribution >= 4 is 40.7 Å². The maximum atomic E-state index is 14.1. The Labute approximate surface area is 213 Å². The predicted molar refractivity (Wildman–Crippen MR) is 131 cm³/mol. The first kappa shape index (κ1) is 25.0. The lowest BCUT2D eigenvalue weighted by atomic mass is 10.1. The number of hydrogen-bond donors (Lipinski definition) is 0. The second-order valence-electron chi connectivity index (χ2n) is 7.14. The Bertz CT molecular complexity index is 1420. The van der Waals surface area contributed by atoms with Crippen molar-refractivity contribution in [2.45, 2.75) is 5.16 Å². The normalized spacial score (nSPS) is 10.9. The highest BCUT2D eigenvalue weighted by Crippen LogP contribution is 2.37. The SMILES string of the molecule is COc1ccc(-n2c(SCC(=O)c3cc(F)ccc3F)nnc2-c2cc(Cl)ccc2OC)cc1Cl. The maximum absolute atomic E-state index is 14.1. The van der Waals surface area contributed by atoms with Gasteiger partial charge >= 0.3 is 0 Å². The number of carbonyl (C=O) groups excluding carboxylic acids is 1. The standard InChI is InChI=1S/C24H17Cl2F2N3O3S/c1-33-21-7-3-13(25)9-17(21)23-29-30-24(31(23)15-5-8-22(34-2)18(26)11-15)35-12-20(32)16-10-14(27)4-6-19(16)28/h3-11H,12H2,1-2H3. The molecule has 6 nitrogen and oxygen atoms in total. The van der Waals surface area contributed by atoms with Crippen LogP contribution in [0.2, 0.25) is 10.0 Å². The summed E-state index contributed by atoms with van der Waals surface area (Å²) in [6.45, 7) is 0. The van der Waals surface area contributed by atoms with Gasteiger partial charge in [-0.15, -0.1) is 10.2 Å². The summed E-state index contributed by atoms with van der Waals surface area (Å²) in [5, 5.41) is 9.65. The van der Waals surface area contributed by atoms with Gasteiger partial charge in [0.15, 0.2) is 16.8 Å². The van der Waals surface area contributed by atoms with E-state index in [1.807, 2.05) is 0 Å². The maximum Gasteiger partial charge on any atom is 0.196 e. The van der Waals surface area contributed by atoms with Gasteiger partial charge < -0.3 is 9.47 Å². The van der Waals surface area contributed by atoms with Crippen LogP contribution in [0.25, 0.3) is 17.1 Å². The van der Waals surface area contributed by atoms with Crippen molar-refractivity contribution in [2.75, 3.05) is 20.0 Å². The molecule has 11 heteroatoms. The molecule has 35 heavy (non-hydrogen) atoms. The van der Waals surface area contributed by atoms with Crippen molar-refractivity contribution in [1.82, 2.24) is 14.8 Å². The van der Waals surface area contributed by atoms with Crippen LogP contribution in [0.15, 0.2) is 59.8 Å². The quantitative estimate of drug-likeness (QED) is 0.189. The van der Waals surface area contributed by atoms with Gasteiger partial charge in [-0.1, -0.05) is 35.0 Å². The topological polar surface area (TPSA) is 66.2 Å². The number of carbonyl (C=O) groups is 1. The lowest BCUT2D eigenvalue weighted by molar-refractivity contribution is 0.101.